The summed E-state index contributed by atoms with van der Waals surface area (Å²) in [4.78, 5) is 5.91. The highest BCUT2D eigenvalue weighted by Crippen LogP contribution is 2.52. The van der Waals surface area contributed by atoms with Crippen molar-refractivity contribution in [2.75, 3.05) is 25.8 Å². The van der Waals surface area contributed by atoms with Gasteiger partial charge in [-0.3, -0.25) is 0 Å². The molecule has 2 aliphatic rings. The van der Waals surface area contributed by atoms with Crippen molar-refractivity contribution in [1.82, 2.24) is 14.8 Å². The summed E-state index contributed by atoms with van der Waals surface area (Å²) in [7, 11) is 3.28. The zero-order valence-corrected chi connectivity index (χ0v) is 20.4. The van der Waals surface area contributed by atoms with Crippen molar-refractivity contribution in [3.8, 4) is 17.2 Å². The molecule has 0 aliphatic carbocycles. The predicted octanol–water partition coefficient (Wildman–Crippen LogP) is 5.64. The van der Waals surface area contributed by atoms with Gasteiger partial charge < -0.3 is 19.5 Å². The van der Waals surface area contributed by atoms with E-state index in [0.717, 1.165) is 39.3 Å². The van der Waals surface area contributed by atoms with E-state index in [1.807, 2.05) is 47.3 Å². The molecule has 34 heavy (non-hydrogen) atoms. The van der Waals surface area contributed by atoms with Crippen molar-refractivity contribution in [2.24, 2.45) is 0 Å². The second-order valence-corrected chi connectivity index (χ2v) is 9.60. The lowest BCUT2D eigenvalue weighted by Gasteiger charge is -2.38. The summed E-state index contributed by atoms with van der Waals surface area (Å²) in [5, 5.41) is 11.2. The van der Waals surface area contributed by atoms with E-state index in [1.165, 1.54) is 16.6 Å². The van der Waals surface area contributed by atoms with Crippen LogP contribution >= 0.6 is 23.1 Å². The van der Waals surface area contributed by atoms with Gasteiger partial charge in [-0.25, -0.2) is 4.68 Å². The molecule has 0 saturated carbocycles. The molecule has 0 radical (unpaired) electrons. The molecule has 172 valence electrons. The van der Waals surface area contributed by atoms with Gasteiger partial charge in [-0.2, -0.15) is 4.98 Å². The zero-order valence-electron chi connectivity index (χ0n) is 18.8. The molecular formula is C25H22N4O3S2. The summed E-state index contributed by atoms with van der Waals surface area (Å²) in [6.07, 6.45) is 1.62. The third kappa shape index (κ3) is 3.26. The van der Waals surface area contributed by atoms with Crippen molar-refractivity contribution < 1.29 is 14.2 Å². The van der Waals surface area contributed by atoms with Crippen molar-refractivity contribution in [2.45, 2.75) is 17.3 Å². The Labute approximate surface area is 205 Å². The van der Waals surface area contributed by atoms with E-state index in [9.17, 15) is 0 Å². The Balaban J connectivity index is 1.60. The number of methoxy groups -OCH3 is 2. The number of hydrogen-bond donors (Lipinski definition) is 1. The summed E-state index contributed by atoms with van der Waals surface area (Å²) >= 11 is 3.23. The van der Waals surface area contributed by atoms with Gasteiger partial charge in [-0.1, -0.05) is 36.0 Å². The molecule has 0 spiro atoms. The molecule has 2 atom stereocenters. The monoisotopic (exact) mass is 490 g/mol. The topological polar surface area (TPSA) is 70.4 Å². The summed E-state index contributed by atoms with van der Waals surface area (Å²) in [5.41, 5.74) is 4.07. The number of fused-ring (bicyclic) bond motifs is 3. The van der Waals surface area contributed by atoms with Gasteiger partial charge in [-0.05, 0) is 42.0 Å². The molecule has 4 aromatic rings. The molecular weight excluding hydrogens is 468 g/mol. The Bertz CT molecular complexity index is 1400. The van der Waals surface area contributed by atoms with Gasteiger partial charge in [0, 0.05) is 21.6 Å². The first kappa shape index (κ1) is 21.1. The maximum atomic E-state index is 6.68. The Morgan fingerprint density at radius 3 is 2.68 bits per heavy atom. The van der Waals surface area contributed by atoms with Crippen LogP contribution < -0.4 is 19.5 Å². The molecule has 6 rings (SSSR count). The van der Waals surface area contributed by atoms with Gasteiger partial charge in [0.25, 0.3) is 0 Å². The molecule has 0 fully saturated rings. The molecule has 0 saturated heterocycles. The number of nitrogens with one attached hydrogen (secondary N) is 1. The second kappa shape index (κ2) is 8.41. The van der Waals surface area contributed by atoms with Crippen LogP contribution in [-0.2, 0) is 0 Å². The quantitative estimate of drug-likeness (QED) is 0.363. The molecule has 9 heteroatoms. The largest absolute Gasteiger partial charge is 0.493 e. The first-order valence-corrected chi connectivity index (χ1v) is 12.8. The highest BCUT2D eigenvalue weighted by atomic mass is 32.2. The minimum absolute atomic E-state index is 0.161. The number of thiophene rings is 1. The van der Waals surface area contributed by atoms with Gasteiger partial charge in [0.05, 0.1) is 19.9 Å². The van der Waals surface area contributed by atoms with Gasteiger partial charge in [0.1, 0.15) is 17.9 Å². The van der Waals surface area contributed by atoms with E-state index in [4.69, 9.17) is 24.3 Å². The van der Waals surface area contributed by atoms with E-state index in [2.05, 4.69) is 28.9 Å². The van der Waals surface area contributed by atoms with Gasteiger partial charge in [0.2, 0.25) is 11.1 Å². The number of ether oxygens (including phenoxy) is 3. The fraction of sp³-hybridized carbons (Fsp3) is 0.200. The molecule has 2 aliphatic heterocycles. The number of hydrogen-bond acceptors (Lipinski definition) is 8. The molecule has 0 bridgehead atoms. The molecule has 7 nitrogen and oxygen atoms in total. The molecule has 0 amide bonds. The van der Waals surface area contributed by atoms with Crippen LogP contribution in [0.4, 0.5) is 5.95 Å². The Morgan fingerprint density at radius 2 is 1.91 bits per heavy atom. The van der Waals surface area contributed by atoms with Gasteiger partial charge in [-0.15, -0.1) is 16.4 Å². The van der Waals surface area contributed by atoms with Crippen molar-refractivity contribution in [1.29, 1.82) is 0 Å². The van der Waals surface area contributed by atoms with Gasteiger partial charge in [0.15, 0.2) is 11.5 Å². The minimum atomic E-state index is -0.362. The lowest BCUT2D eigenvalue weighted by molar-refractivity contribution is 0.222. The molecule has 0 unspecified atom stereocenters. The van der Waals surface area contributed by atoms with Crippen LogP contribution in [0.15, 0.2) is 70.7 Å². The molecule has 4 heterocycles. The predicted molar refractivity (Wildman–Crippen MR) is 134 cm³/mol. The number of rotatable bonds is 5. The van der Waals surface area contributed by atoms with Crippen LogP contribution in [0.3, 0.4) is 0 Å². The van der Waals surface area contributed by atoms with Crippen LogP contribution in [0.1, 0.15) is 28.1 Å². The van der Waals surface area contributed by atoms with E-state index in [0.29, 0.717) is 11.5 Å². The van der Waals surface area contributed by atoms with Crippen LogP contribution in [0, 0.1) is 0 Å². The first-order chi connectivity index (χ1) is 16.7. The van der Waals surface area contributed by atoms with Crippen LogP contribution in [0.2, 0.25) is 0 Å². The third-order valence-corrected chi connectivity index (χ3v) is 7.53. The van der Waals surface area contributed by atoms with Crippen LogP contribution in [-0.4, -0.2) is 35.2 Å². The summed E-state index contributed by atoms with van der Waals surface area (Å²) in [6.45, 7) is 0. The number of aromatic nitrogens is 3. The summed E-state index contributed by atoms with van der Waals surface area (Å²) in [6, 6.07) is 18.1. The van der Waals surface area contributed by atoms with Crippen molar-refractivity contribution in [3.63, 3.8) is 0 Å². The number of nitrogens with zero attached hydrogens (tertiary/aromatic N) is 3. The zero-order chi connectivity index (χ0) is 23.2. The normalized spacial score (nSPS) is 18.3. The van der Waals surface area contributed by atoms with E-state index in [-0.39, 0.29) is 12.1 Å². The fourth-order valence-electron chi connectivity index (χ4n) is 4.56. The number of benzene rings is 2. The third-order valence-electron chi connectivity index (χ3n) is 6.07. The standard InChI is InChI=1S/C25H22N4O3S2/c1-30-17-11-10-14(13-18(17)31-2)23-20-21(15-7-4-5-8-16(15)32-23)26-24-27-25(33-3)28-29(24)22(20)19-9-6-12-34-19/h4-13,22-23H,1-3H3,(H,26,27,28)/t22-,23-/m0/s1. The Kier molecular flexibility index (Phi) is 5.23. The molecule has 2 aromatic heterocycles. The first-order valence-electron chi connectivity index (χ1n) is 10.7. The summed E-state index contributed by atoms with van der Waals surface area (Å²) < 4.78 is 19.7. The molecule has 1 N–H and O–H groups in total. The smallest absolute Gasteiger partial charge is 0.227 e. The maximum absolute atomic E-state index is 6.68. The average Bonchev–Trinajstić information content (AvgIpc) is 3.56. The highest BCUT2D eigenvalue weighted by molar-refractivity contribution is 7.98. The number of thioether (sulfide) groups is 1. The van der Waals surface area contributed by atoms with Crippen molar-refractivity contribution in [3.05, 3.63) is 81.6 Å². The number of para-hydroxylation sites is 1. The minimum Gasteiger partial charge on any atom is -0.493 e. The lowest BCUT2D eigenvalue weighted by atomic mass is 9.87. The van der Waals surface area contributed by atoms with Gasteiger partial charge >= 0.3 is 0 Å². The number of anilines is 1. The van der Waals surface area contributed by atoms with Crippen LogP contribution in [0.5, 0.6) is 17.2 Å². The second-order valence-electron chi connectivity index (χ2n) is 7.85. The fourth-order valence-corrected chi connectivity index (χ4v) is 5.73. The van der Waals surface area contributed by atoms with Crippen LogP contribution in [0.25, 0.3) is 5.70 Å². The lowest BCUT2D eigenvalue weighted by Crippen LogP contribution is -2.32. The average molecular weight is 491 g/mol. The molecule has 2 aromatic carbocycles. The van der Waals surface area contributed by atoms with E-state index < -0.39 is 0 Å². The van der Waals surface area contributed by atoms with E-state index >= 15 is 0 Å². The Hall–Kier alpha value is -3.43. The maximum Gasteiger partial charge on any atom is 0.227 e. The Morgan fingerprint density at radius 1 is 1.06 bits per heavy atom. The van der Waals surface area contributed by atoms with E-state index in [1.54, 1.807) is 25.6 Å². The highest BCUT2D eigenvalue weighted by Gasteiger charge is 2.42. The van der Waals surface area contributed by atoms with Crippen molar-refractivity contribution >= 4 is 34.7 Å². The SMILES string of the molecule is COc1ccc([C@@H]2Oc3ccccc3C3=C2[C@H](c2cccs2)n2nc(SC)nc2N3)cc1OC. The summed E-state index contributed by atoms with van der Waals surface area (Å²) in [5.74, 6) is 2.88.